The number of rotatable bonds is 3. The lowest BCUT2D eigenvalue weighted by Gasteiger charge is -2.07. The van der Waals surface area contributed by atoms with Crippen LogP contribution in [0.25, 0.3) is 0 Å². The summed E-state index contributed by atoms with van der Waals surface area (Å²) in [5.74, 6) is -0.479. The second-order valence-corrected chi connectivity index (χ2v) is 3.97. The fraction of sp³-hybridized carbons (Fsp3) is 0.0909. The molecule has 3 N–H and O–H groups in total. The maximum atomic E-state index is 10.8. The molecule has 92 valence electrons. The number of hydrogen-bond donors (Lipinski definition) is 3. The van der Waals surface area contributed by atoms with Gasteiger partial charge in [0.05, 0.1) is 5.56 Å². The van der Waals surface area contributed by atoms with Crippen LogP contribution in [0.3, 0.4) is 0 Å². The lowest BCUT2D eigenvalue weighted by molar-refractivity contribution is 0.0697. The number of aromatic carboxylic acids is 1. The molecule has 0 bridgehead atoms. The van der Waals surface area contributed by atoms with Gasteiger partial charge in [-0.3, -0.25) is 5.10 Å². The highest BCUT2D eigenvalue weighted by Crippen LogP contribution is 2.17. The molecule has 0 saturated heterocycles. The molecule has 1 aromatic carbocycles. The summed E-state index contributed by atoms with van der Waals surface area (Å²) in [5.41, 5.74) is 1.46. The van der Waals surface area contributed by atoms with Crippen LogP contribution in [0.2, 0.25) is 0 Å². The summed E-state index contributed by atoms with van der Waals surface area (Å²) in [7, 11) is 0. The first-order chi connectivity index (χ1) is 8.56. The summed E-state index contributed by atoms with van der Waals surface area (Å²) < 4.78 is 0.262. The van der Waals surface area contributed by atoms with Crippen LogP contribution < -0.4 is 5.32 Å². The lowest BCUT2D eigenvalue weighted by Crippen LogP contribution is -2.02. The van der Waals surface area contributed by atoms with Crippen LogP contribution in [0.5, 0.6) is 0 Å². The Balaban J connectivity index is 2.34. The molecular formula is C11H10N4O2S. The molecule has 1 heterocycles. The zero-order chi connectivity index (χ0) is 13.1. The van der Waals surface area contributed by atoms with E-state index in [2.05, 4.69) is 20.5 Å². The standard InChI is InChI=1S/C11H10N4O2S/c1-6-9(13-11(18)15-14-6)12-8-4-2-3-7(5-8)10(16)17/h2-5H,1H3,(H,16,17)(H2,12,13,15,18). The first-order valence-corrected chi connectivity index (χ1v) is 5.51. The van der Waals surface area contributed by atoms with Crippen molar-refractivity contribution in [3.8, 4) is 0 Å². The van der Waals surface area contributed by atoms with Gasteiger partial charge in [-0.15, -0.1) is 0 Å². The van der Waals surface area contributed by atoms with Gasteiger partial charge in [0.25, 0.3) is 0 Å². The minimum Gasteiger partial charge on any atom is -0.478 e. The van der Waals surface area contributed by atoms with Crippen molar-refractivity contribution >= 4 is 29.7 Å². The highest BCUT2D eigenvalue weighted by molar-refractivity contribution is 7.71. The highest BCUT2D eigenvalue weighted by Gasteiger charge is 2.05. The van der Waals surface area contributed by atoms with Crippen molar-refractivity contribution in [3.05, 3.63) is 40.3 Å². The number of anilines is 2. The van der Waals surface area contributed by atoms with Gasteiger partial charge in [0, 0.05) is 5.69 Å². The number of carboxylic acids is 1. The number of carboxylic acid groups (broad SMARTS) is 1. The quantitative estimate of drug-likeness (QED) is 0.735. The molecule has 0 unspecified atom stereocenters. The molecule has 18 heavy (non-hydrogen) atoms. The Labute approximate surface area is 108 Å². The van der Waals surface area contributed by atoms with Crippen LogP contribution in [-0.4, -0.2) is 26.3 Å². The molecule has 0 aliphatic carbocycles. The Morgan fingerprint density at radius 2 is 2.28 bits per heavy atom. The van der Waals surface area contributed by atoms with E-state index in [1.165, 1.54) is 12.1 Å². The van der Waals surface area contributed by atoms with Gasteiger partial charge in [-0.1, -0.05) is 6.07 Å². The van der Waals surface area contributed by atoms with Gasteiger partial charge in [0.15, 0.2) is 5.82 Å². The van der Waals surface area contributed by atoms with Crippen LogP contribution in [0.15, 0.2) is 24.3 Å². The number of aromatic amines is 1. The molecule has 1 aromatic heterocycles. The summed E-state index contributed by atoms with van der Waals surface area (Å²) in [6, 6.07) is 6.43. The molecule has 0 radical (unpaired) electrons. The summed E-state index contributed by atoms with van der Waals surface area (Å²) in [6.45, 7) is 1.77. The zero-order valence-electron chi connectivity index (χ0n) is 9.47. The van der Waals surface area contributed by atoms with E-state index in [0.29, 0.717) is 17.2 Å². The summed E-state index contributed by atoms with van der Waals surface area (Å²) in [6.07, 6.45) is 0. The van der Waals surface area contributed by atoms with E-state index < -0.39 is 5.97 Å². The average molecular weight is 262 g/mol. The lowest BCUT2D eigenvalue weighted by atomic mass is 10.2. The monoisotopic (exact) mass is 262 g/mol. The highest BCUT2D eigenvalue weighted by atomic mass is 32.1. The molecule has 0 aliphatic heterocycles. The van der Waals surface area contributed by atoms with Gasteiger partial charge in [-0.25, -0.2) is 4.79 Å². The Hall–Kier alpha value is -2.28. The van der Waals surface area contributed by atoms with Crippen molar-refractivity contribution in [2.24, 2.45) is 0 Å². The fourth-order valence-electron chi connectivity index (χ4n) is 1.38. The molecule has 2 rings (SSSR count). The predicted octanol–water partition coefficient (Wildman–Crippen LogP) is 2.28. The third-order valence-electron chi connectivity index (χ3n) is 2.25. The number of nitrogens with one attached hydrogen (secondary N) is 2. The molecule has 0 fully saturated rings. The van der Waals surface area contributed by atoms with E-state index in [4.69, 9.17) is 17.3 Å². The number of H-pyrrole nitrogens is 1. The molecule has 0 atom stereocenters. The van der Waals surface area contributed by atoms with Crippen LogP contribution in [0, 0.1) is 11.7 Å². The number of carbonyl (C=O) groups is 1. The number of nitrogens with zero attached hydrogens (tertiary/aromatic N) is 2. The largest absolute Gasteiger partial charge is 0.478 e. The third kappa shape index (κ3) is 2.69. The first kappa shape index (κ1) is 12.2. The smallest absolute Gasteiger partial charge is 0.335 e. The van der Waals surface area contributed by atoms with Crippen LogP contribution >= 0.6 is 12.2 Å². The van der Waals surface area contributed by atoms with Crippen LogP contribution in [0.4, 0.5) is 11.5 Å². The molecular weight excluding hydrogens is 252 g/mol. The van der Waals surface area contributed by atoms with Crippen molar-refractivity contribution in [1.82, 2.24) is 15.2 Å². The number of aromatic nitrogens is 3. The molecule has 6 nitrogen and oxygen atoms in total. The molecule has 0 aliphatic rings. The van der Waals surface area contributed by atoms with Crippen molar-refractivity contribution in [2.75, 3.05) is 5.32 Å². The maximum absolute atomic E-state index is 10.8. The molecule has 7 heteroatoms. The SMILES string of the molecule is Cc1n[nH]c(=S)nc1Nc1cccc(C(=O)O)c1. The van der Waals surface area contributed by atoms with Crippen molar-refractivity contribution in [3.63, 3.8) is 0 Å². The number of aryl methyl sites for hydroxylation is 1. The number of benzene rings is 1. The third-order valence-corrected chi connectivity index (χ3v) is 2.43. The predicted molar refractivity (Wildman–Crippen MR) is 68.6 cm³/mol. The van der Waals surface area contributed by atoms with Gasteiger partial charge in [-0.2, -0.15) is 10.1 Å². The second kappa shape index (κ2) is 4.92. The van der Waals surface area contributed by atoms with E-state index in [1.807, 2.05) is 0 Å². The Bertz CT molecular complexity index is 653. The summed E-state index contributed by atoms with van der Waals surface area (Å²) in [5, 5.41) is 18.4. The van der Waals surface area contributed by atoms with Crippen molar-refractivity contribution in [1.29, 1.82) is 0 Å². The molecule has 0 amide bonds. The zero-order valence-corrected chi connectivity index (χ0v) is 10.3. The minimum atomic E-state index is -0.980. The van der Waals surface area contributed by atoms with Gasteiger partial charge in [0.1, 0.15) is 5.69 Å². The topological polar surface area (TPSA) is 90.9 Å². The van der Waals surface area contributed by atoms with Crippen molar-refractivity contribution < 1.29 is 9.90 Å². The van der Waals surface area contributed by atoms with E-state index in [-0.39, 0.29) is 10.3 Å². The molecule has 0 saturated carbocycles. The van der Waals surface area contributed by atoms with Crippen LogP contribution in [0.1, 0.15) is 16.1 Å². The first-order valence-electron chi connectivity index (χ1n) is 5.10. The minimum absolute atomic E-state index is 0.201. The molecule has 2 aromatic rings. The van der Waals surface area contributed by atoms with Gasteiger partial charge >= 0.3 is 5.97 Å². The second-order valence-electron chi connectivity index (χ2n) is 3.59. The Morgan fingerprint density at radius 1 is 1.50 bits per heavy atom. The van der Waals surface area contributed by atoms with Gasteiger partial charge in [-0.05, 0) is 37.3 Å². The fourth-order valence-corrected chi connectivity index (χ4v) is 1.51. The van der Waals surface area contributed by atoms with Crippen LogP contribution in [-0.2, 0) is 0 Å². The Kier molecular flexibility index (Phi) is 3.33. The van der Waals surface area contributed by atoms with Gasteiger partial charge in [0.2, 0.25) is 4.77 Å². The summed E-state index contributed by atoms with van der Waals surface area (Å²) >= 11 is 4.88. The van der Waals surface area contributed by atoms with E-state index in [0.717, 1.165) is 0 Å². The van der Waals surface area contributed by atoms with Crippen molar-refractivity contribution in [2.45, 2.75) is 6.92 Å². The number of hydrogen-bond acceptors (Lipinski definition) is 5. The Morgan fingerprint density at radius 3 is 3.00 bits per heavy atom. The maximum Gasteiger partial charge on any atom is 0.335 e. The van der Waals surface area contributed by atoms with E-state index in [9.17, 15) is 4.79 Å². The van der Waals surface area contributed by atoms with E-state index >= 15 is 0 Å². The summed E-state index contributed by atoms with van der Waals surface area (Å²) in [4.78, 5) is 14.9. The van der Waals surface area contributed by atoms with E-state index in [1.54, 1.807) is 19.1 Å². The normalized spacial score (nSPS) is 10.1. The van der Waals surface area contributed by atoms with Gasteiger partial charge < -0.3 is 10.4 Å². The molecule has 0 spiro atoms. The average Bonchev–Trinajstić information content (AvgIpc) is 2.34.